The lowest BCUT2D eigenvalue weighted by molar-refractivity contribution is -0.118. The van der Waals surface area contributed by atoms with E-state index in [0.29, 0.717) is 17.7 Å². The Morgan fingerprint density at radius 2 is 1.93 bits per heavy atom. The van der Waals surface area contributed by atoms with Crippen molar-refractivity contribution in [1.29, 1.82) is 0 Å². The standard InChI is InChI=1S/C20H23N3O5.ClH/c1-2-27-20(26)18-16(7-4-9-23-18)19(25)13-5-3-6-15(11-13)28-10-8-14(21)12-17(22)24;/h3-7,9,11,14H,2,8,10,12,21H2,1H3,(H2,22,24);1H. The average molecular weight is 422 g/mol. The third kappa shape index (κ3) is 7.17. The molecule has 0 spiro atoms. The molecule has 9 heteroatoms. The molecule has 4 N–H and O–H groups in total. The number of halogens is 1. The molecule has 0 saturated carbocycles. The lowest BCUT2D eigenvalue weighted by atomic mass is 10.0. The number of primary amides is 1. The molecule has 0 saturated heterocycles. The van der Waals surface area contributed by atoms with Crippen molar-refractivity contribution >= 4 is 30.1 Å². The molecule has 156 valence electrons. The summed E-state index contributed by atoms with van der Waals surface area (Å²) in [5.74, 6) is -1.01. The number of nitrogens with zero attached hydrogens (tertiary/aromatic N) is 1. The zero-order valence-electron chi connectivity index (χ0n) is 16.0. The number of esters is 1. The molecule has 0 fully saturated rings. The van der Waals surface area contributed by atoms with Crippen LogP contribution in [0.15, 0.2) is 42.6 Å². The number of ketones is 1. The van der Waals surface area contributed by atoms with Crippen LogP contribution in [0.4, 0.5) is 0 Å². The van der Waals surface area contributed by atoms with Crippen molar-refractivity contribution in [3.63, 3.8) is 0 Å². The summed E-state index contributed by atoms with van der Waals surface area (Å²) in [6, 6.07) is 9.29. The van der Waals surface area contributed by atoms with Gasteiger partial charge in [-0.2, -0.15) is 0 Å². The fraction of sp³-hybridized carbons (Fsp3) is 0.300. The van der Waals surface area contributed by atoms with E-state index in [1.165, 1.54) is 12.3 Å². The Hall–Kier alpha value is -2.97. The number of ether oxygens (including phenoxy) is 2. The molecule has 1 heterocycles. The molecule has 0 aliphatic rings. The van der Waals surface area contributed by atoms with Crippen LogP contribution in [0, 0.1) is 0 Å². The van der Waals surface area contributed by atoms with E-state index in [4.69, 9.17) is 20.9 Å². The highest BCUT2D eigenvalue weighted by Crippen LogP contribution is 2.19. The van der Waals surface area contributed by atoms with Crippen LogP contribution in [0.5, 0.6) is 5.75 Å². The fourth-order valence-electron chi connectivity index (χ4n) is 2.52. The zero-order valence-corrected chi connectivity index (χ0v) is 16.8. The van der Waals surface area contributed by atoms with E-state index in [2.05, 4.69) is 4.98 Å². The van der Waals surface area contributed by atoms with Crippen LogP contribution in [0.3, 0.4) is 0 Å². The lowest BCUT2D eigenvalue weighted by Gasteiger charge is -2.12. The van der Waals surface area contributed by atoms with E-state index in [9.17, 15) is 14.4 Å². The number of pyridine rings is 1. The quantitative estimate of drug-likeness (QED) is 0.441. The lowest BCUT2D eigenvalue weighted by Crippen LogP contribution is -2.29. The Labute approximate surface area is 175 Å². The van der Waals surface area contributed by atoms with Crippen LogP contribution in [0.1, 0.15) is 46.2 Å². The number of amides is 1. The van der Waals surface area contributed by atoms with E-state index in [0.717, 1.165) is 0 Å². The van der Waals surface area contributed by atoms with Crippen molar-refractivity contribution in [2.24, 2.45) is 11.5 Å². The molecule has 29 heavy (non-hydrogen) atoms. The van der Waals surface area contributed by atoms with Crippen molar-refractivity contribution in [3.8, 4) is 5.75 Å². The van der Waals surface area contributed by atoms with Gasteiger partial charge in [0.25, 0.3) is 0 Å². The third-order valence-corrected chi connectivity index (χ3v) is 3.84. The second-order valence-electron chi connectivity index (χ2n) is 6.04. The summed E-state index contributed by atoms with van der Waals surface area (Å²) in [6.07, 6.45) is 1.95. The topological polar surface area (TPSA) is 135 Å². The van der Waals surface area contributed by atoms with Gasteiger partial charge in [0.1, 0.15) is 5.75 Å². The number of hydrogen-bond acceptors (Lipinski definition) is 7. The number of rotatable bonds is 10. The zero-order chi connectivity index (χ0) is 20.5. The summed E-state index contributed by atoms with van der Waals surface area (Å²) in [5.41, 5.74) is 11.3. The highest BCUT2D eigenvalue weighted by molar-refractivity contribution is 6.13. The van der Waals surface area contributed by atoms with Gasteiger partial charge in [-0.3, -0.25) is 9.59 Å². The molecule has 2 aromatic rings. The van der Waals surface area contributed by atoms with Gasteiger partial charge in [-0.05, 0) is 37.6 Å². The van der Waals surface area contributed by atoms with E-state index < -0.39 is 11.9 Å². The van der Waals surface area contributed by atoms with E-state index in [-0.39, 0.29) is 55.1 Å². The van der Waals surface area contributed by atoms with Crippen molar-refractivity contribution in [3.05, 3.63) is 59.4 Å². The van der Waals surface area contributed by atoms with Gasteiger partial charge in [0, 0.05) is 24.2 Å². The van der Waals surface area contributed by atoms with Crippen LogP contribution in [0.25, 0.3) is 0 Å². The van der Waals surface area contributed by atoms with Crippen LogP contribution >= 0.6 is 12.4 Å². The molecule has 0 radical (unpaired) electrons. The second kappa shape index (κ2) is 11.8. The number of carbonyl (C=O) groups is 3. The van der Waals surface area contributed by atoms with Crippen molar-refractivity contribution in [2.45, 2.75) is 25.8 Å². The molecule has 1 atom stereocenters. The Balaban J connectivity index is 0.00000420. The van der Waals surface area contributed by atoms with Crippen LogP contribution in [-0.2, 0) is 9.53 Å². The maximum Gasteiger partial charge on any atom is 0.357 e. The maximum atomic E-state index is 12.9. The smallest absolute Gasteiger partial charge is 0.357 e. The van der Waals surface area contributed by atoms with Gasteiger partial charge in [-0.1, -0.05) is 12.1 Å². The first-order chi connectivity index (χ1) is 13.4. The van der Waals surface area contributed by atoms with Crippen molar-refractivity contribution < 1.29 is 23.9 Å². The van der Waals surface area contributed by atoms with E-state index in [1.54, 1.807) is 37.3 Å². The average Bonchev–Trinajstić information content (AvgIpc) is 2.67. The summed E-state index contributed by atoms with van der Waals surface area (Å²) in [6.45, 7) is 2.13. The summed E-state index contributed by atoms with van der Waals surface area (Å²) >= 11 is 0. The first-order valence-electron chi connectivity index (χ1n) is 8.86. The van der Waals surface area contributed by atoms with Gasteiger partial charge >= 0.3 is 5.97 Å². The molecule has 1 unspecified atom stereocenters. The summed E-state index contributed by atoms with van der Waals surface area (Å²) in [4.78, 5) is 39.7. The SMILES string of the molecule is CCOC(=O)c1ncccc1C(=O)c1cccc(OCCC(N)CC(N)=O)c1.Cl. The van der Waals surface area contributed by atoms with Crippen molar-refractivity contribution in [1.82, 2.24) is 4.98 Å². The Morgan fingerprint density at radius 1 is 1.17 bits per heavy atom. The molecule has 0 aliphatic carbocycles. The molecule has 8 nitrogen and oxygen atoms in total. The normalized spacial score (nSPS) is 11.1. The van der Waals surface area contributed by atoms with Gasteiger partial charge in [0.05, 0.1) is 18.8 Å². The minimum atomic E-state index is -0.651. The molecular formula is C20H24ClN3O5. The number of aromatic nitrogens is 1. The maximum absolute atomic E-state index is 12.9. The van der Waals surface area contributed by atoms with E-state index in [1.807, 2.05) is 0 Å². The minimum absolute atomic E-state index is 0. The van der Waals surface area contributed by atoms with Gasteiger partial charge in [-0.25, -0.2) is 9.78 Å². The largest absolute Gasteiger partial charge is 0.494 e. The van der Waals surface area contributed by atoms with Crippen LogP contribution < -0.4 is 16.2 Å². The van der Waals surface area contributed by atoms with Gasteiger partial charge in [-0.15, -0.1) is 12.4 Å². The summed E-state index contributed by atoms with van der Waals surface area (Å²) in [7, 11) is 0. The highest BCUT2D eigenvalue weighted by atomic mass is 35.5. The van der Waals surface area contributed by atoms with Crippen LogP contribution in [0.2, 0.25) is 0 Å². The highest BCUT2D eigenvalue weighted by Gasteiger charge is 2.20. The molecule has 0 aliphatic heterocycles. The Kier molecular flexibility index (Phi) is 9.78. The van der Waals surface area contributed by atoms with E-state index >= 15 is 0 Å². The predicted molar refractivity (Wildman–Crippen MR) is 109 cm³/mol. The first kappa shape index (κ1) is 24.1. The number of hydrogen-bond donors (Lipinski definition) is 2. The van der Waals surface area contributed by atoms with Crippen LogP contribution in [-0.4, -0.2) is 41.9 Å². The third-order valence-electron chi connectivity index (χ3n) is 3.84. The van der Waals surface area contributed by atoms with Gasteiger partial charge in [0.2, 0.25) is 5.91 Å². The second-order valence-corrected chi connectivity index (χ2v) is 6.04. The Morgan fingerprint density at radius 3 is 2.62 bits per heavy atom. The fourth-order valence-corrected chi connectivity index (χ4v) is 2.52. The number of carbonyl (C=O) groups excluding carboxylic acids is 3. The molecule has 1 aromatic carbocycles. The number of benzene rings is 1. The molecule has 1 aromatic heterocycles. The summed E-state index contributed by atoms with van der Waals surface area (Å²) in [5, 5.41) is 0. The monoisotopic (exact) mass is 421 g/mol. The Bertz CT molecular complexity index is 860. The molecule has 0 bridgehead atoms. The van der Waals surface area contributed by atoms with Gasteiger partial charge < -0.3 is 20.9 Å². The predicted octanol–water partition coefficient (Wildman–Crippen LogP) is 1.88. The molecular weight excluding hydrogens is 398 g/mol. The minimum Gasteiger partial charge on any atom is -0.494 e. The first-order valence-corrected chi connectivity index (χ1v) is 8.86. The number of nitrogens with two attached hydrogens (primary N) is 2. The van der Waals surface area contributed by atoms with Crippen molar-refractivity contribution in [2.75, 3.05) is 13.2 Å². The van der Waals surface area contributed by atoms with Gasteiger partial charge in [0.15, 0.2) is 11.5 Å². The summed E-state index contributed by atoms with van der Waals surface area (Å²) < 4.78 is 10.6. The molecule has 1 amide bonds. The molecule has 2 rings (SSSR count).